The molecule has 3 heteroatoms. The van der Waals surface area contributed by atoms with E-state index >= 15 is 0 Å². The Morgan fingerprint density at radius 1 is 1.35 bits per heavy atom. The Bertz CT molecular complexity index is 224. The largest absolute Gasteiger partial charge is 0.340 e. The fourth-order valence-electron chi connectivity index (χ4n) is 2.66. The van der Waals surface area contributed by atoms with Gasteiger partial charge in [-0.05, 0) is 38.6 Å². The summed E-state index contributed by atoms with van der Waals surface area (Å²) in [5, 5.41) is 0. The molecule has 17 heavy (non-hydrogen) atoms. The number of carbonyl (C=O) groups excluding carboxylic acids is 1. The molecule has 0 aliphatic heterocycles. The molecule has 0 radical (unpaired) electrons. The molecule has 0 bridgehead atoms. The number of hydrogen-bond donors (Lipinski definition) is 1. The Labute approximate surface area is 106 Å². The van der Waals surface area contributed by atoms with Crippen LogP contribution in [0.25, 0.3) is 0 Å². The third kappa shape index (κ3) is 4.66. The predicted octanol–water partition coefficient (Wildman–Crippen LogP) is 2.54. The van der Waals surface area contributed by atoms with E-state index in [1.54, 1.807) is 0 Å². The summed E-state index contributed by atoms with van der Waals surface area (Å²) in [4.78, 5) is 14.3. The van der Waals surface area contributed by atoms with Gasteiger partial charge in [-0.1, -0.05) is 26.2 Å². The Morgan fingerprint density at radius 3 is 2.53 bits per heavy atom. The SMILES string of the molecule is CCN(C(=O)CCC(C)CN)C1CCCCC1. The van der Waals surface area contributed by atoms with Gasteiger partial charge in [-0.2, -0.15) is 0 Å². The normalized spacial score (nSPS) is 19.0. The molecule has 0 aromatic carbocycles. The summed E-state index contributed by atoms with van der Waals surface area (Å²) in [5.41, 5.74) is 5.58. The van der Waals surface area contributed by atoms with Crippen LogP contribution in [0.4, 0.5) is 0 Å². The summed E-state index contributed by atoms with van der Waals surface area (Å²) >= 11 is 0. The van der Waals surface area contributed by atoms with E-state index in [4.69, 9.17) is 5.73 Å². The van der Waals surface area contributed by atoms with Crippen LogP contribution in [0.15, 0.2) is 0 Å². The highest BCUT2D eigenvalue weighted by Crippen LogP contribution is 2.23. The molecule has 1 fully saturated rings. The van der Waals surface area contributed by atoms with Crippen LogP contribution in [0.5, 0.6) is 0 Å². The quantitative estimate of drug-likeness (QED) is 0.775. The van der Waals surface area contributed by atoms with Crippen molar-refractivity contribution in [2.24, 2.45) is 11.7 Å². The lowest BCUT2D eigenvalue weighted by Gasteiger charge is -2.34. The molecular weight excluding hydrogens is 212 g/mol. The van der Waals surface area contributed by atoms with Gasteiger partial charge in [-0.15, -0.1) is 0 Å². The van der Waals surface area contributed by atoms with E-state index in [1.807, 2.05) is 0 Å². The fourth-order valence-corrected chi connectivity index (χ4v) is 2.66. The number of rotatable bonds is 6. The van der Waals surface area contributed by atoms with Crippen molar-refractivity contribution in [2.45, 2.75) is 64.8 Å². The van der Waals surface area contributed by atoms with Crippen molar-refractivity contribution in [3.05, 3.63) is 0 Å². The monoisotopic (exact) mass is 240 g/mol. The summed E-state index contributed by atoms with van der Waals surface area (Å²) in [6.45, 7) is 5.76. The van der Waals surface area contributed by atoms with Gasteiger partial charge in [0.25, 0.3) is 0 Å². The first-order chi connectivity index (χ1) is 8.19. The van der Waals surface area contributed by atoms with Crippen LogP contribution in [0.2, 0.25) is 0 Å². The first kappa shape index (κ1) is 14.5. The van der Waals surface area contributed by atoms with Crippen LogP contribution in [0, 0.1) is 5.92 Å². The molecule has 0 heterocycles. The van der Waals surface area contributed by atoms with Gasteiger partial charge < -0.3 is 10.6 Å². The lowest BCUT2D eigenvalue weighted by atomic mass is 9.93. The highest BCUT2D eigenvalue weighted by atomic mass is 16.2. The number of amides is 1. The van der Waals surface area contributed by atoms with E-state index in [2.05, 4.69) is 18.7 Å². The van der Waals surface area contributed by atoms with Crippen LogP contribution >= 0.6 is 0 Å². The molecule has 3 nitrogen and oxygen atoms in total. The topological polar surface area (TPSA) is 46.3 Å². The van der Waals surface area contributed by atoms with E-state index in [9.17, 15) is 4.79 Å². The predicted molar refractivity (Wildman–Crippen MR) is 71.7 cm³/mol. The highest BCUT2D eigenvalue weighted by Gasteiger charge is 2.23. The average molecular weight is 240 g/mol. The second-order valence-corrected chi connectivity index (χ2v) is 5.35. The number of nitrogens with zero attached hydrogens (tertiary/aromatic N) is 1. The summed E-state index contributed by atoms with van der Waals surface area (Å²) in [5.74, 6) is 0.795. The standard InChI is InChI=1S/C14H28N2O/c1-3-16(13-7-5-4-6-8-13)14(17)10-9-12(2)11-15/h12-13H,3-11,15H2,1-2H3. The number of carbonyl (C=O) groups is 1. The van der Waals surface area contributed by atoms with Gasteiger partial charge in [0.1, 0.15) is 0 Å². The average Bonchev–Trinajstić information content (AvgIpc) is 2.38. The molecule has 100 valence electrons. The van der Waals surface area contributed by atoms with Gasteiger partial charge in [0.2, 0.25) is 5.91 Å². The maximum absolute atomic E-state index is 12.2. The molecule has 1 rings (SSSR count). The molecule has 1 aliphatic rings. The van der Waals surface area contributed by atoms with Crippen molar-refractivity contribution in [3.8, 4) is 0 Å². The summed E-state index contributed by atoms with van der Waals surface area (Å²) < 4.78 is 0. The number of nitrogens with two attached hydrogens (primary N) is 1. The maximum atomic E-state index is 12.2. The van der Waals surface area contributed by atoms with Gasteiger partial charge in [-0.25, -0.2) is 0 Å². The van der Waals surface area contributed by atoms with Crippen molar-refractivity contribution in [1.29, 1.82) is 0 Å². The lowest BCUT2D eigenvalue weighted by molar-refractivity contribution is -0.134. The molecule has 0 spiro atoms. The molecule has 0 aromatic heterocycles. The molecule has 2 N–H and O–H groups in total. The van der Waals surface area contributed by atoms with Gasteiger partial charge in [0, 0.05) is 19.0 Å². The van der Waals surface area contributed by atoms with E-state index in [0.29, 0.717) is 30.8 Å². The lowest BCUT2D eigenvalue weighted by Crippen LogP contribution is -2.41. The molecule has 1 atom stereocenters. The summed E-state index contributed by atoms with van der Waals surface area (Å²) in [6.07, 6.45) is 7.91. The van der Waals surface area contributed by atoms with Crippen molar-refractivity contribution < 1.29 is 4.79 Å². The van der Waals surface area contributed by atoms with Crippen LogP contribution in [0.3, 0.4) is 0 Å². The zero-order chi connectivity index (χ0) is 12.7. The van der Waals surface area contributed by atoms with Gasteiger partial charge in [-0.3, -0.25) is 4.79 Å². The molecule has 0 saturated heterocycles. The second kappa shape index (κ2) is 7.70. The van der Waals surface area contributed by atoms with Gasteiger partial charge in [0.05, 0.1) is 0 Å². The summed E-state index contributed by atoms with van der Waals surface area (Å²) in [6, 6.07) is 0.509. The molecule has 1 aliphatic carbocycles. The van der Waals surface area contributed by atoms with Crippen LogP contribution < -0.4 is 5.73 Å². The first-order valence-corrected chi connectivity index (χ1v) is 7.18. The van der Waals surface area contributed by atoms with Crippen molar-refractivity contribution >= 4 is 5.91 Å². The molecule has 1 amide bonds. The Balaban J connectivity index is 2.39. The molecule has 1 saturated carbocycles. The zero-order valence-electron chi connectivity index (χ0n) is 11.5. The Hall–Kier alpha value is -0.570. The first-order valence-electron chi connectivity index (χ1n) is 7.18. The van der Waals surface area contributed by atoms with Crippen LogP contribution in [0.1, 0.15) is 58.8 Å². The van der Waals surface area contributed by atoms with E-state index in [-0.39, 0.29) is 0 Å². The molecule has 0 aromatic rings. The van der Waals surface area contributed by atoms with E-state index in [1.165, 1.54) is 32.1 Å². The Kier molecular flexibility index (Phi) is 6.56. The minimum absolute atomic E-state index is 0.333. The second-order valence-electron chi connectivity index (χ2n) is 5.35. The minimum atomic E-state index is 0.333. The van der Waals surface area contributed by atoms with Crippen LogP contribution in [-0.2, 0) is 4.79 Å². The zero-order valence-corrected chi connectivity index (χ0v) is 11.5. The Morgan fingerprint density at radius 2 is 2.00 bits per heavy atom. The number of hydrogen-bond acceptors (Lipinski definition) is 2. The van der Waals surface area contributed by atoms with Gasteiger partial charge in [0.15, 0.2) is 0 Å². The minimum Gasteiger partial charge on any atom is -0.340 e. The molecule has 1 unspecified atom stereocenters. The van der Waals surface area contributed by atoms with Crippen LogP contribution in [-0.4, -0.2) is 29.9 Å². The highest BCUT2D eigenvalue weighted by molar-refractivity contribution is 5.76. The van der Waals surface area contributed by atoms with Crippen molar-refractivity contribution in [3.63, 3.8) is 0 Å². The van der Waals surface area contributed by atoms with E-state index < -0.39 is 0 Å². The molecular formula is C14H28N2O. The smallest absolute Gasteiger partial charge is 0.222 e. The summed E-state index contributed by atoms with van der Waals surface area (Å²) in [7, 11) is 0. The third-order valence-electron chi connectivity index (χ3n) is 3.93. The van der Waals surface area contributed by atoms with Crippen molar-refractivity contribution in [2.75, 3.05) is 13.1 Å². The van der Waals surface area contributed by atoms with E-state index in [0.717, 1.165) is 13.0 Å². The van der Waals surface area contributed by atoms with Crippen molar-refractivity contribution in [1.82, 2.24) is 4.90 Å². The fraction of sp³-hybridized carbons (Fsp3) is 0.929. The maximum Gasteiger partial charge on any atom is 0.222 e. The van der Waals surface area contributed by atoms with Gasteiger partial charge >= 0.3 is 0 Å². The third-order valence-corrected chi connectivity index (χ3v) is 3.93.